The van der Waals surface area contributed by atoms with Gasteiger partial charge in [-0.25, -0.2) is 0 Å². The average Bonchev–Trinajstić information content (AvgIpc) is 2.87. The summed E-state index contributed by atoms with van der Waals surface area (Å²) in [6.07, 6.45) is 1.77. The van der Waals surface area contributed by atoms with E-state index in [9.17, 15) is 9.90 Å². The number of hydrogen-bond acceptors (Lipinski definition) is 3. The molecule has 0 aliphatic carbocycles. The van der Waals surface area contributed by atoms with E-state index in [1.54, 1.807) is 23.1 Å². The second-order valence-electron chi connectivity index (χ2n) is 5.39. The summed E-state index contributed by atoms with van der Waals surface area (Å²) < 4.78 is 0. The van der Waals surface area contributed by atoms with Crippen molar-refractivity contribution in [3.63, 3.8) is 0 Å². The lowest BCUT2D eigenvalue weighted by Crippen LogP contribution is -2.42. The predicted molar refractivity (Wildman–Crippen MR) is 74.8 cm³/mol. The molecule has 1 fully saturated rings. The maximum absolute atomic E-state index is 12.6. The molecule has 1 aromatic rings. The summed E-state index contributed by atoms with van der Waals surface area (Å²) in [5, 5.41) is 12.7. The van der Waals surface area contributed by atoms with E-state index in [4.69, 9.17) is 0 Å². The third-order valence-corrected chi connectivity index (χ3v) is 4.05. The fourth-order valence-corrected chi connectivity index (χ4v) is 2.78. The van der Waals surface area contributed by atoms with Crippen LogP contribution in [0.15, 0.2) is 24.3 Å². The van der Waals surface area contributed by atoms with Crippen LogP contribution in [0.3, 0.4) is 0 Å². The molecule has 0 aromatic heterocycles. The van der Waals surface area contributed by atoms with Crippen molar-refractivity contribution in [2.45, 2.75) is 26.3 Å². The highest BCUT2D eigenvalue weighted by atomic mass is 16.3. The molecular formula is C15H22N2O2. The van der Waals surface area contributed by atoms with Gasteiger partial charge < -0.3 is 15.3 Å². The summed E-state index contributed by atoms with van der Waals surface area (Å²) in [5.41, 5.74) is 0.707. The van der Waals surface area contributed by atoms with Gasteiger partial charge in [-0.1, -0.05) is 19.1 Å². The molecule has 4 heteroatoms. The molecule has 104 valence electrons. The Bertz CT molecular complexity index is 453. The minimum absolute atomic E-state index is 0.198. The molecule has 0 bridgehead atoms. The zero-order valence-corrected chi connectivity index (χ0v) is 11.6. The molecular weight excluding hydrogens is 240 g/mol. The first-order valence-electron chi connectivity index (χ1n) is 6.81. The van der Waals surface area contributed by atoms with Crippen LogP contribution in [0, 0.1) is 5.41 Å². The van der Waals surface area contributed by atoms with Gasteiger partial charge in [0.15, 0.2) is 0 Å². The third kappa shape index (κ3) is 2.89. The molecule has 1 unspecified atom stereocenters. The van der Waals surface area contributed by atoms with Crippen LogP contribution in [-0.2, 0) is 11.3 Å². The number of phenolic OH excluding ortho intramolecular Hbond substituents is 1. The molecule has 0 saturated carbocycles. The lowest BCUT2D eigenvalue weighted by atomic mass is 9.83. The van der Waals surface area contributed by atoms with Crippen molar-refractivity contribution >= 4 is 5.91 Å². The zero-order chi connectivity index (χ0) is 13.9. The Labute approximate surface area is 114 Å². The van der Waals surface area contributed by atoms with Crippen LogP contribution in [-0.4, -0.2) is 36.1 Å². The fraction of sp³-hybridized carbons (Fsp3) is 0.533. The van der Waals surface area contributed by atoms with E-state index >= 15 is 0 Å². The monoisotopic (exact) mass is 262 g/mol. The highest BCUT2D eigenvalue weighted by Crippen LogP contribution is 2.31. The number of amides is 1. The normalized spacial score (nSPS) is 22.4. The number of nitrogens with one attached hydrogen (secondary N) is 1. The SMILES string of the molecule is CCC1(C(=O)N(C)Cc2cccc(O)c2)CCNC1. The largest absolute Gasteiger partial charge is 0.508 e. The van der Waals surface area contributed by atoms with Gasteiger partial charge in [0.05, 0.1) is 5.41 Å². The predicted octanol–water partition coefficient (Wildman–Crippen LogP) is 1.74. The van der Waals surface area contributed by atoms with Crippen LogP contribution in [0.1, 0.15) is 25.3 Å². The Morgan fingerprint density at radius 2 is 2.32 bits per heavy atom. The number of benzene rings is 1. The van der Waals surface area contributed by atoms with Crippen LogP contribution >= 0.6 is 0 Å². The maximum Gasteiger partial charge on any atom is 0.230 e. The zero-order valence-electron chi connectivity index (χ0n) is 11.6. The van der Waals surface area contributed by atoms with E-state index in [0.717, 1.165) is 31.5 Å². The summed E-state index contributed by atoms with van der Waals surface area (Å²) in [7, 11) is 1.84. The minimum atomic E-state index is -0.244. The van der Waals surface area contributed by atoms with Crippen LogP contribution in [0.25, 0.3) is 0 Å². The minimum Gasteiger partial charge on any atom is -0.508 e. The van der Waals surface area contributed by atoms with Crippen LogP contribution in [0.5, 0.6) is 5.75 Å². The number of carbonyl (C=O) groups is 1. The van der Waals surface area contributed by atoms with Gasteiger partial charge in [-0.05, 0) is 37.1 Å². The van der Waals surface area contributed by atoms with Gasteiger partial charge >= 0.3 is 0 Å². The Balaban J connectivity index is 2.07. The van der Waals surface area contributed by atoms with E-state index in [2.05, 4.69) is 12.2 Å². The van der Waals surface area contributed by atoms with E-state index in [1.165, 1.54) is 0 Å². The van der Waals surface area contributed by atoms with Gasteiger partial charge in [-0.2, -0.15) is 0 Å². The number of rotatable bonds is 4. The quantitative estimate of drug-likeness (QED) is 0.869. The van der Waals surface area contributed by atoms with Gasteiger partial charge in [-0.3, -0.25) is 4.79 Å². The van der Waals surface area contributed by atoms with Gasteiger partial charge in [-0.15, -0.1) is 0 Å². The number of hydrogen-bond donors (Lipinski definition) is 2. The molecule has 1 saturated heterocycles. The molecule has 1 amide bonds. The van der Waals surface area contributed by atoms with Gasteiger partial charge in [0.25, 0.3) is 0 Å². The molecule has 1 heterocycles. The van der Waals surface area contributed by atoms with Crippen molar-refractivity contribution in [1.29, 1.82) is 0 Å². The molecule has 4 nitrogen and oxygen atoms in total. The first-order chi connectivity index (χ1) is 9.07. The van der Waals surface area contributed by atoms with Crippen molar-refractivity contribution < 1.29 is 9.90 Å². The molecule has 1 atom stereocenters. The first-order valence-corrected chi connectivity index (χ1v) is 6.81. The number of aromatic hydroxyl groups is 1. The second-order valence-corrected chi connectivity index (χ2v) is 5.39. The number of carbonyl (C=O) groups excluding carboxylic acids is 1. The van der Waals surface area contributed by atoms with Crippen LogP contribution < -0.4 is 5.32 Å². The molecule has 2 rings (SSSR count). The van der Waals surface area contributed by atoms with Crippen molar-refractivity contribution in [2.24, 2.45) is 5.41 Å². The van der Waals surface area contributed by atoms with Crippen molar-refractivity contribution in [3.05, 3.63) is 29.8 Å². The summed E-state index contributed by atoms with van der Waals surface area (Å²) >= 11 is 0. The third-order valence-electron chi connectivity index (χ3n) is 4.05. The Kier molecular flexibility index (Phi) is 4.10. The first kappa shape index (κ1) is 13.9. The molecule has 19 heavy (non-hydrogen) atoms. The highest BCUT2D eigenvalue weighted by molar-refractivity contribution is 5.83. The number of phenols is 1. The fourth-order valence-electron chi connectivity index (χ4n) is 2.78. The Morgan fingerprint density at radius 1 is 1.53 bits per heavy atom. The lowest BCUT2D eigenvalue weighted by molar-refractivity contribution is -0.140. The topological polar surface area (TPSA) is 52.6 Å². The molecule has 1 aromatic carbocycles. The Hall–Kier alpha value is -1.55. The van der Waals surface area contributed by atoms with Crippen LogP contribution in [0.2, 0.25) is 0 Å². The standard InChI is InChI=1S/C15H22N2O2/c1-3-15(7-8-16-11-15)14(19)17(2)10-12-5-4-6-13(18)9-12/h4-6,9,16,18H,3,7-8,10-11H2,1-2H3. The second kappa shape index (κ2) is 5.61. The van der Waals surface area contributed by atoms with E-state index < -0.39 is 0 Å². The summed E-state index contributed by atoms with van der Waals surface area (Å²) in [6, 6.07) is 7.07. The summed E-state index contributed by atoms with van der Waals surface area (Å²) in [6.45, 7) is 4.30. The molecule has 1 aliphatic heterocycles. The summed E-state index contributed by atoms with van der Waals surface area (Å²) in [4.78, 5) is 14.4. The number of nitrogens with zero attached hydrogens (tertiary/aromatic N) is 1. The lowest BCUT2D eigenvalue weighted by Gasteiger charge is -2.31. The smallest absolute Gasteiger partial charge is 0.230 e. The maximum atomic E-state index is 12.6. The van der Waals surface area contributed by atoms with Crippen molar-refractivity contribution in [2.75, 3.05) is 20.1 Å². The van der Waals surface area contributed by atoms with Crippen molar-refractivity contribution in [1.82, 2.24) is 10.2 Å². The van der Waals surface area contributed by atoms with Gasteiger partial charge in [0, 0.05) is 20.1 Å². The van der Waals surface area contributed by atoms with E-state index in [-0.39, 0.29) is 17.1 Å². The van der Waals surface area contributed by atoms with E-state index in [0.29, 0.717) is 6.54 Å². The van der Waals surface area contributed by atoms with E-state index in [1.807, 2.05) is 13.1 Å². The van der Waals surface area contributed by atoms with Crippen molar-refractivity contribution in [3.8, 4) is 5.75 Å². The highest BCUT2D eigenvalue weighted by Gasteiger charge is 2.41. The summed E-state index contributed by atoms with van der Waals surface area (Å²) in [5.74, 6) is 0.439. The molecule has 2 N–H and O–H groups in total. The average molecular weight is 262 g/mol. The van der Waals surface area contributed by atoms with Gasteiger partial charge in [0.1, 0.15) is 5.75 Å². The van der Waals surface area contributed by atoms with Gasteiger partial charge in [0.2, 0.25) is 5.91 Å². The molecule has 1 aliphatic rings. The molecule has 0 spiro atoms. The van der Waals surface area contributed by atoms with Crippen LogP contribution in [0.4, 0.5) is 0 Å². The molecule has 0 radical (unpaired) electrons. The Morgan fingerprint density at radius 3 is 2.89 bits per heavy atom.